The lowest BCUT2D eigenvalue weighted by atomic mass is 10.1. The Bertz CT molecular complexity index is 1190. The van der Waals surface area contributed by atoms with Crippen LogP contribution in [-0.2, 0) is 6.42 Å². The number of piperazine rings is 1. The van der Waals surface area contributed by atoms with Gasteiger partial charge in [0.2, 0.25) is 0 Å². The number of nitrogens with zero attached hydrogens (tertiary/aromatic N) is 4. The monoisotopic (exact) mass is 429 g/mol. The van der Waals surface area contributed by atoms with Gasteiger partial charge in [-0.3, -0.25) is 9.89 Å². The van der Waals surface area contributed by atoms with E-state index in [1.54, 1.807) is 12.3 Å². The van der Waals surface area contributed by atoms with Crippen LogP contribution in [0.2, 0.25) is 0 Å². The van der Waals surface area contributed by atoms with Crippen LogP contribution in [0.1, 0.15) is 15.9 Å². The van der Waals surface area contributed by atoms with Crippen LogP contribution < -0.4 is 5.32 Å². The van der Waals surface area contributed by atoms with Crippen LogP contribution in [0.15, 0.2) is 54.7 Å². The summed E-state index contributed by atoms with van der Waals surface area (Å²) in [6, 6.07) is 15.5. The normalized spacial score (nSPS) is 15.3. The SMILES string of the molecule is CN1CCN(CCc2ccc(NC(=O)c3ccc4nc(-c5ccn[nH]5)[nH]c4c3)cc2)CC1. The van der Waals surface area contributed by atoms with Crippen LogP contribution >= 0.6 is 0 Å². The maximum atomic E-state index is 12.8. The quantitative estimate of drug-likeness (QED) is 0.438. The summed E-state index contributed by atoms with van der Waals surface area (Å²) in [6.45, 7) is 5.62. The zero-order chi connectivity index (χ0) is 21.9. The van der Waals surface area contributed by atoms with Gasteiger partial charge in [0.25, 0.3) is 5.91 Å². The number of nitrogens with one attached hydrogen (secondary N) is 3. The molecule has 0 saturated carbocycles. The molecule has 1 saturated heterocycles. The second kappa shape index (κ2) is 8.94. The summed E-state index contributed by atoms with van der Waals surface area (Å²) in [6.07, 6.45) is 2.70. The molecule has 2 aromatic carbocycles. The fraction of sp³-hybridized carbons (Fsp3) is 0.292. The second-order valence-electron chi connectivity index (χ2n) is 8.33. The van der Waals surface area contributed by atoms with E-state index in [-0.39, 0.29) is 5.91 Å². The predicted octanol–water partition coefficient (Wildman–Crippen LogP) is 3.00. The molecule has 0 radical (unpaired) electrons. The molecule has 8 nitrogen and oxygen atoms in total. The zero-order valence-corrected chi connectivity index (χ0v) is 18.1. The van der Waals surface area contributed by atoms with Crippen molar-refractivity contribution in [1.82, 2.24) is 30.0 Å². The summed E-state index contributed by atoms with van der Waals surface area (Å²) in [5, 5.41) is 9.83. The van der Waals surface area contributed by atoms with E-state index < -0.39 is 0 Å². The number of carbonyl (C=O) groups is 1. The first-order chi connectivity index (χ1) is 15.6. The number of H-pyrrole nitrogens is 2. The first kappa shape index (κ1) is 20.4. The van der Waals surface area contributed by atoms with Gasteiger partial charge in [-0.1, -0.05) is 12.1 Å². The van der Waals surface area contributed by atoms with Gasteiger partial charge in [-0.05, 0) is 55.4 Å². The third kappa shape index (κ3) is 4.56. The molecule has 0 spiro atoms. The Morgan fingerprint density at radius 2 is 1.88 bits per heavy atom. The number of aromatic nitrogens is 4. The van der Waals surface area contributed by atoms with Gasteiger partial charge in [-0.15, -0.1) is 0 Å². The molecular formula is C24H27N7O. The van der Waals surface area contributed by atoms with Gasteiger partial charge in [0.05, 0.1) is 11.0 Å². The number of rotatable bonds is 6. The third-order valence-corrected chi connectivity index (χ3v) is 6.02. The summed E-state index contributed by atoms with van der Waals surface area (Å²) in [5.74, 6) is 0.553. The number of imidazole rings is 1. The minimum absolute atomic E-state index is 0.144. The number of anilines is 1. The van der Waals surface area contributed by atoms with Crippen molar-refractivity contribution >= 4 is 22.6 Å². The lowest BCUT2D eigenvalue weighted by Gasteiger charge is -2.32. The van der Waals surface area contributed by atoms with Crippen LogP contribution in [0.25, 0.3) is 22.6 Å². The standard InChI is InChI=1S/C24H27N7O/c1-30-12-14-31(15-13-30)11-9-17-2-5-19(6-3-17)26-24(32)18-4-7-20-22(16-18)28-23(27-20)21-8-10-25-29-21/h2-8,10,16H,9,11-15H2,1H3,(H,25,29)(H,26,32)(H,27,28). The van der Waals surface area contributed by atoms with E-state index in [2.05, 4.69) is 54.5 Å². The fourth-order valence-electron chi connectivity index (χ4n) is 3.98. The molecule has 32 heavy (non-hydrogen) atoms. The Morgan fingerprint density at radius 1 is 1.06 bits per heavy atom. The Balaban J connectivity index is 1.20. The molecular weight excluding hydrogens is 402 g/mol. The van der Waals surface area contributed by atoms with Crippen molar-refractivity contribution in [2.45, 2.75) is 6.42 Å². The molecule has 1 fully saturated rings. The molecule has 0 bridgehead atoms. The maximum absolute atomic E-state index is 12.8. The largest absolute Gasteiger partial charge is 0.337 e. The molecule has 3 heterocycles. The van der Waals surface area contributed by atoms with Crippen LogP contribution in [0.4, 0.5) is 5.69 Å². The van der Waals surface area contributed by atoms with E-state index >= 15 is 0 Å². The number of aromatic amines is 2. The van der Waals surface area contributed by atoms with Crippen LogP contribution in [0.3, 0.4) is 0 Å². The van der Waals surface area contributed by atoms with Crippen LogP contribution in [-0.4, -0.2) is 75.6 Å². The summed E-state index contributed by atoms with van der Waals surface area (Å²) < 4.78 is 0. The van der Waals surface area contributed by atoms with Crippen molar-refractivity contribution in [3.63, 3.8) is 0 Å². The molecule has 5 rings (SSSR count). The lowest BCUT2D eigenvalue weighted by Crippen LogP contribution is -2.45. The molecule has 0 unspecified atom stereocenters. The van der Waals surface area contributed by atoms with Gasteiger partial charge >= 0.3 is 0 Å². The third-order valence-electron chi connectivity index (χ3n) is 6.02. The second-order valence-corrected chi connectivity index (χ2v) is 8.33. The Hall–Kier alpha value is -3.49. The minimum Gasteiger partial charge on any atom is -0.337 e. The molecule has 8 heteroatoms. The minimum atomic E-state index is -0.144. The van der Waals surface area contributed by atoms with Gasteiger partial charge in [-0.25, -0.2) is 4.98 Å². The van der Waals surface area contributed by atoms with Gasteiger partial charge in [0.1, 0.15) is 5.69 Å². The summed E-state index contributed by atoms with van der Waals surface area (Å²) >= 11 is 0. The van der Waals surface area contributed by atoms with E-state index in [4.69, 9.17) is 0 Å². The summed E-state index contributed by atoms with van der Waals surface area (Å²) in [4.78, 5) is 25.4. The Kier molecular flexibility index (Phi) is 5.70. The average molecular weight is 430 g/mol. The molecule has 3 N–H and O–H groups in total. The summed E-state index contributed by atoms with van der Waals surface area (Å²) in [5.41, 5.74) is 5.07. The molecule has 0 aliphatic carbocycles. The van der Waals surface area contributed by atoms with E-state index in [0.29, 0.717) is 11.4 Å². The molecule has 1 aliphatic rings. The Morgan fingerprint density at radius 3 is 2.62 bits per heavy atom. The smallest absolute Gasteiger partial charge is 0.255 e. The van der Waals surface area contributed by atoms with Gasteiger partial charge in [0.15, 0.2) is 5.82 Å². The van der Waals surface area contributed by atoms with Gasteiger partial charge in [-0.2, -0.15) is 5.10 Å². The van der Waals surface area contributed by atoms with Crippen LogP contribution in [0, 0.1) is 0 Å². The number of amides is 1. The highest BCUT2D eigenvalue weighted by molar-refractivity contribution is 6.06. The molecule has 1 amide bonds. The topological polar surface area (TPSA) is 92.9 Å². The zero-order valence-electron chi connectivity index (χ0n) is 18.1. The predicted molar refractivity (Wildman–Crippen MR) is 126 cm³/mol. The lowest BCUT2D eigenvalue weighted by molar-refractivity contribution is 0.102. The first-order valence-corrected chi connectivity index (χ1v) is 10.9. The number of fused-ring (bicyclic) bond motifs is 1. The van der Waals surface area contributed by atoms with E-state index in [1.807, 2.05) is 30.3 Å². The van der Waals surface area contributed by atoms with E-state index in [0.717, 1.165) is 61.6 Å². The van der Waals surface area contributed by atoms with E-state index in [9.17, 15) is 4.79 Å². The van der Waals surface area contributed by atoms with E-state index in [1.165, 1.54) is 5.56 Å². The van der Waals surface area contributed by atoms with Crippen LogP contribution in [0.5, 0.6) is 0 Å². The van der Waals surface area contributed by atoms with Crippen molar-refractivity contribution in [1.29, 1.82) is 0 Å². The van der Waals surface area contributed by atoms with Crippen molar-refractivity contribution in [2.24, 2.45) is 0 Å². The number of likely N-dealkylation sites (N-methyl/N-ethyl adjacent to an activating group) is 1. The molecule has 2 aromatic heterocycles. The first-order valence-electron chi connectivity index (χ1n) is 10.9. The Labute approximate surface area is 186 Å². The number of hydrogen-bond acceptors (Lipinski definition) is 5. The maximum Gasteiger partial charge on any atom is 0.255 e. The highest BCUT2D eigenvalue weighted by Gasteiger charge is 2.14. The highest BCUT2D eigenvalue weighted by Crippen LogP contribution is 2.20. The number of hydrogen-bond donors (Lipinski definition) is 3. The van der Waals surface area contributed by atoms with Gasteiger partial charge < -0.3 is 20.1 Å². The average Bonchev–Trinajstić information content (AvgIpc) is 3.49. The number of carbonyl (C=O) groups excluding carboxylic acids is 1. The molecule has 164 valence electrons. The van der Waals surface area contributed by atoms with Crippen molar-refractivity contribution in [3.8, 4) is 11.5 Å². The molecule has 0 atom stereocenters. The molecule has 4 aromatic rings. The number of benzene rings is 2. The van der Waals surface area contributed by atoms with Gasteiger partial charge in [0, 0.05) is 50.2 Å². The molecule has 1 aliphatic heterocycles. The fourth-order valence-corrected chi connectivity index (χ4v) is 3.98. The van der Waals surface area contributed by atoms with Crippen molar-refractivity contribution < 1.29 is 4.79 Å². The van der Waals surface area contributed by atoms with Crippen molar-refractivity contribution in [2.75, 3.05) is 45.1 Å². The van der Waals surface area contributed by atoms with Crippen molar-refractivity contribution in [3.05, 3.63) is 65.9 Å². The summed E-state index contributed by atoms with van der Waals surface area (Å²) in [7, 11) is 2.18. The highest BCUT2D eigenvalue weighted by atomic mass is 16.1.